The number of allylic oxidation sites excluding steroid dienone is 1. The van der Waals surface area contributed by atoms with E-state index in [1.165, 1.54) is 18.2 Å². The van der Waals surface area contributed by atoms with E-state index in [2.05, 4.69) is 20.7 Å². The van der Waals surface area contributed by atoms with E-state index < -0.39 is 36.1 Å². The molecule has 0 spiro atoms. The molecule has 3 rings (SSSR count). The van der Waals surface area contributed by atoms with Gasteiger partial charge in [-0.2, -0.15) is 13.2 Å². The standard InChI is InChI=1S/C28H33F5N4O2/c1-16(2)14-37(15-17(3)4)25-10-7-19(21(28(31,32)33)13-26(38)36-39)11-24(25)35-27(18-5-6-18)34-23-9-8-20(29)12-22(23)30/h7-12,16-17,21,34-35H,5-6,13-15H2,1-4H3. The highest BCUT2D eigenvalue weighted by Gasteiger charge is 2.42. The third-order valence-electron chi connectivity index (χ3n) is 6.11. The minimum absolute atomic E-state index is 0.00745. The molecule has 1 saturated carbocycles. The Morgan fingerprint density at radius 1 is 0.949 bits per heavy atom. The Morgan fingerprint density at radius 2 is 1.56 bits per heavy atom. The largest absolute Gasteiger partial charge is 0.396 e. The summed E-state index contributed by atoms with van der Waals surface area (Å²) in [5.41, 5.74) is 1.63. The van der Waals surface area contributed by atoms with Crippen molar-refractivity contribution in [2.45, 2.75) is 59.1 Å². The average Bonchev–Trinajstić information content (AvgIpc) is 3.67. The van der Waals surface area contributed by atoms with Crippen LogP contribution in [-0.4, -0.2) is 25.2 Å². The lowest BCUT2D eigenvalue weighted by Gasteiger charge is -2.32. The van der Waals surface area contributed by atoms with Gasteiger partial charge in [0.15, 0.2) is 0 Å². The van der Waals surface area contributed by atoms with Gasteiger partial charge in [-0.15, -0.1) is 4.91 Å². The Kier molecular flexibility index (Phi) is 9.68. The Labute approximate surface area is 224 Å². The molecule has 1 atom stereocenters. The van der Waals surface area contributed by atoms with Crippen molar-refractivity contribution in [1.82, 2.24) is 0 Å². The van der Waals surface area contributed by atoms with Gasteiger partial charge < -0.3 is 15.5 Å². The predicted molar refractivity (Wildman–Crippen MR) is 142 cm³/mol. The minimum atomic E-state index is -4.80. The molecule has 0 heterocycles. The summed E-state index contributed by atoms with van der Waals surface area (Å²) in [4.78, 5) is 24.3. The molecule has 6 nitrogen and oxygen atoms in total. The molecule has 212 valence electrons. The normalized spacial score (nSPS) is 13.9. The van der Waals surface area contributed by atoms with Crippen LogP contribution in [0.25, 0.3) is 0 Å². The van der Waals surface area contributed by atoms with Crippen LogP contribution in [0.5, 0.6) is 0 Å². The van der Waals surface area contributed by atoms with Crippen LogP contribution in [0.3, 0.4) is 0 Å². The smallest absolute Gasteiger partial charge is 0.369 e. The highest BCUT2D eigenvalue weighted by Crippen LogP contribution is 2.42. The van der Waals surface area contributed by atoms with Gasteiger partial charge in [0, 0.05) is 30.8 Å². The molecule has 2 N–H and O–H groups in total. The number of anilines is 3. The molecular formula is C28H33F5N4O2. The summed E-state index contributed by atoms with van der Waals surface area (Å²) in [5, 5.41) is 8.25. The van der Waals surface area contributed by atoms with Crippen molar-refractivity contribution in [2.75, 3.05) is 28.6 Å². The molecule has 1 fully saturated rings. The number of halogens is 5. The van der Waals surface area contributed by atoms with Gasteiger partial charge in [-0.3, -0.25) is 4.79 Å². The van der Waals surface area contributed by atoms with Crippen LogP contribution in [0.15, 0.2) is 53.0 Å². The summed E-state index contributed by atoms with van der Waals surface area (Å²) in [5.74, 6) is -4.32. The first-order valence-electron chi connectivity index (χ1n) is 12.8. The maximum absolute atomic E-state index is 14.4. The fraction of sp³-hybridized carbons (Fsp3) is 0.464. The van der Waals surface area contributed by atoms with E-state index in [-0.39, 0.29) is 23.1 Å². The van der Waals surface area contributed by atoms with Crippen molar-refractivity contribution < 1.29 is 26.7 Å². The van der Waals surface area contributed by atoms with Crippen molar-refractivity contribution in [1.29, 1.82) is 0 Å². The molecule has 1 unspecified atom stereocenters. The third-order valence-corrected chi connectivity index (χ3v) is 6.11. The number of hydrogen-bond acceptors (Lipinski definition) is 5. The lowest BCUT2D eigenvalue weighted by molar-refractivity contribution is -0.156. The average molecular weight is 553 g/mol. The molecule has 1 amide bonds. The molecular weight excluding hydrogens is 519 g/mol. The van der Waals surface area contributed by atoms with E-state index in [9.17, 15) is 31.7 Å². The summed E-state index contributed by atoms with van der Waals surface area (Å²) in [6.07, 6.45) is -4.53. The number of carbonyl (C=O) groups is 1. The van der Waals surface area contributed by atoms with Crippen molar-refractivity contribution >= 4 is 23.0 Å². The maximum Gasteiger partial charge on any atom is 0.396 e. The topological polar surface area (TPSA) is 73.8 Å². The Morgan fingerprint density at radius 3 is 2.08 bits per heavy atom. The molecule has 1 aliphatic rings. The van der Waals surface area contributed by atoms with Gasteiger partial charge in [-0.25, -0.2) is 8.78 Å². The number of nitrogens with one attached hydrogen (secondary N) is 2. The molecule has 2 aromatic rings. The molecule has 2 aromatic carbocycles. The van der Waals surface area contributed by atoms with Crippen molar-refractivity contribution in [3.63, 3.8) is 0 Å². The van der Waals surface area contributed by atoms with Gasteiger partial charge in [0.05, 0.1) is 23.0 Å². The molecule has 0 bridgehead atoms. The number of nitrogens with zero attached hydrogens (tertiary/aromatic N) is 2. The van der Waals surface area contributed by atoms with E-state index in [1.807, 2.05) is 27.7 Å². The lowest BCUT2D eigenvalue weighted by Crippen LogP contribution is -2.32. The second-order valence-corrected chi connectivity index (χ2v) is 10.6. The van der Waals surface area contributed by atoms with Gasteiger partial charge >= 0.3 is 6.18 Å². The van der Waals surface area contributed by atoms with Crippen molar-refractivity contribution in [3.05, 3.63) is 69.9 Å². The molecule has 39 heavy (non-hydrogen) atoms. The summed E-state index contributed by atoms with van der Waals surface area (Å²) < 4.78 is 69.8. The molecule has 1 aliphatic carbocycles. The molecule has 0 radical (unpaired) electrons. The highest BCUT2D eigenvalue weighted by molar-refractivity contribution is 5.79. The Hall–Kier alpha value is -3.50. The van der Waals surface area contributed by atoms with E-state index in [0.717, 1.165) is 17.7 Å². The van der Waals surface area contributed by atoms with Crippen LogP contribution in [0, 0.1) is 28.4 Å². The van der Waals surface area contributed by atoms with E-state index >= 15 is 0 Å². The number of benzene rings is 2. The summed E-state index contributed by atoms with van der Waals surface area (Å²) in [7, 11) is 0. The first kappa shape index (κ1) is 30.0. The van der Waals surface area contributed by atoms with Crippen LogP contribution in [0.2, 0.25) is 0 Å². The summed E-state index contributed by atoms with van der Waals surface area (Å²) in [6, 6.07) is 7.27. The van der Waals surface area contributed by atoms with Gasteiger partial charge in [-0.05, 0) is 60.1 Å². The van der Waals surface area contributed by atoms with Crippen LogP contribution in [0.1, 0.15) is 58.4 Å². The number of nitroso groups, excluding NO2 is 1. The van der Waals surface area contributed by atoms with Crippen LogP contribution in [-0.2, 0) is 4.79 Å². The van der Waals surface area contributed by atoms with Gasteiger partial charge in [0.2, 0.25) is 0 Å². The maximum atomic E-state index is 14.4. The predicted octanol–water partition coefficient (Wildman–Crippen LogP) is 7.94. The quantitative estimate of drug-likeness (QED) is 0.207. The summed E-state index contributed by atoms with van der Waals surface area (Å²) in [6.45, 7) is 9.36. The second-order valence-electron chi connectivity index (χ2n) is 10.6. The summed E-state index contributed by atoms with van der Waals surface area (Å²) >= 11 is 0. The number of alkyl halides is 3. The lowest BCUT2D eigenvalue weighted by atomic mass is 9.93. The molecule has 0 aliphatic heterocycles. The zero-order chi connectivity index (χ0) is 28.9. The molecule has 0 saturated heterocycles. The Bertz CT molecular complexity index is 1210. The SMILES string of the molecule is CC(C)CN(CC(C)C)c1ccc(C(CC(=O)N=O)C(F)(F)F)cc1NC(Nc1ccc(F)cc1F)=C1CC1. The molecule has 0 aromatic heterocycles. The van der Waals surface area contributed by atoms with Crippen molar-refractivity contribution in [3.8, 4) is 0 Å². The monoisotopic (exact) mass is 552 g/mol. The van der Waals surface area contributed by atoms with Crippen molar-refractivity contribution in [2.24, 2.45) is 17.0 Å². The first-order chi connectivity index (χ1) is 18.3. The second kappa shape index (κ2) is 12.6. The number of hydrogen-bond donors (Lipinski definition) is 2. The number of amides is 1. The zero-order valence-electron chi connectivity index (χ0n) is 22.3. The molecule has 11 heteroatoms. The van der Waals surface area contributed by atoms with Gasteiger partial charge in [0.25, 0.3) is 5.91 Å². The highest BCUT2D eigenvalue weighted by atomic mass is 19.4. The fourth-order valence-corrected chi connectivity index (χ4v) is 4.31. The minimum Gasteiger partial charge on any atom is -0.369 e. The van der Waals surface area contributed by atoms with Gasteiger partial charge in [0.1, 0.15) is 17.5 Å². The third kappa shape index (κ3) is 8.49. The zero-order valence-corrected chi connectivity index (χ0v) is 22.3. The number of carbonyl (C=O) groups excluding carboxylic acids is 1. The van der Waals surface area contributed by atoms with E-state index in [0.29, 0.717) is 43.1 Å². The Balaban J connectivity index is 2.10. The fourth-order valence-electron chi connectivity index (χ4n) is 4.31. The van der Waals surface area contributed by atoms with E-state index in [1.54, 1.807) is 6.07 Å². The number of rotatable bonds is 12. The van der Waals surface area contributed by atoms with Crippen LogP contribution in [0.4, 0.5) is 39.0 Å². The first-order valence-corrected chi connectivity index (χ1v) is 12.8. The van der Waals surface area contributed by atoms with Crippen LogP contribution < -0.4 is 15.5 Å². The van der Waals surface area contributed by atoms with Gasteiger partial charge in [-0.1, -0.05) is 33.8 Å². The van der Waals surface area contributed by atoms with Crippen LogP contribution >= 0.6 is 0 Å². The van der Waals surface area contributed by atoms with E-state index in [4.69, 9.17) is 0 Å².